The maximum Gasteiger partial charge on any atom is 0.407 e. The molecule has 184 valence electrons. The van der Waals surface area contributed by atoms with Crippen molar-refractivity contribution in [2.24, 2.45) is 0 Å². The summed E-state index contributed by atoms with van der Waals surface area (Å²) in [4.78, 5) is 38.4. The van der Waals surface area contributed by atoms with Gasteiger partial charge in [-0.1, -0.05) is 48.5 Å². The van der Waals surface area contributed by atoms with Crippen molar-refractivity contribution in [1.29, 1.82) is 0 Å². The highest BCUT2D eigenvalue weighted by Gasteiger charge is 2.44. The molecule has 2 aromatic carbocycles. The van der Waals surface area contributed by atoms with Gasteiger partial charge in [0.15, 0.2) is 11.7 Å². The number of likely N-dealkylation sites (tertiary alicyclic amines) is 1. The molecule has 35 heavy (non-hydrogen) atoms. The third-order valence-electron chi connectivity index (χ3n) is 7.28. The predicted molar refractivity (Wildman–Crippen MR) is 125 cm³/mol. The topological polar surface area (TPSA) is 125 Å². The summed E-state index contributed by atoms with van der Waals surface area (Å²) in [6, 6.07) is 15.6. The summed E-state index contributed by atoms with van der Waals surface area (Å²) < 4.78 is 11.2. The molecular weight excluding hydrogens is 452 g/mol. The Morgan fingerprint density at radius 3 is 2.23 bits per heavy atom. The van der Waals surface area contributed by atoms with E-state index in [2.05, 4.69) is 17.4 Å². The number of carbonyl (C=O) groups excluding carboxylic acids is 2. The third-order valence-corrected chi connectivity index (χ3v) is 7.28. The molecule has 5 rings (SSSR count). The molecule has 2 aromatic rings. The van der Waals surface area contributed by atoms with Crippen molar-refractivity contribution in [3.63, 3.8) is 0 Å². The summed E-state index contributed by atoms with van der Waals surface area (Å²) in [5, 5.41) is 22.1. The molecule has 2 aliphatic heterocycles. The second kappa shape index (κ2) is 9.31. The Kier molecular flexibility index (Phi) is 6.21. The van der Waals surface area contributed by atoms with E-state index in [4.69, 9.17) is 9.47 Å². The van der Waals surface area contributed by atoms with Crippen molar-refractivity contribution in [3.8, 4) is 11.1 Å². The normalized spacial score (nSPS) is 22.8. The highest BCUT2D eigenvalue weighted by molar-refractivity contribution is 5.84. The van der Waals surface area contributed by atoms with Crippen LogP contribution in [-0.2, 0) is 19.1 Å². The van der Waals surface area contributed by atoms with E-state index in [0.717, 1.165) is 22.3 Å². The van der Waals surface area contributed by atoms with Crippen molar-refractivity contribution in [2.75, 3.05) is 26.3 Å². The Balaban J connectivity index is 1.18. The van der Waals surface area contributed by atoms with Gasteiger partial charge in [-0.25, -0.2) is 9.59 Å². The first-order valence-corrected chi connectivity index (χ1v) is 11.8. The molecule has 0 bridgehead atoms. The minimum Gasteiger partial charge on any atom is -0.479 e. The van der Waals surface area contributed by atoms with Gasteiger partial charge in [0.25, 0.3) is 5.91 Å². The minimum absolute atomic E-state index is 0.0503. The van der Waals surface area contributed by atoms with Gasteiger partial charge in [-0.3, -0.25) is 4.79 Å². The molecule has 0 aromatic heterocycles. The summed E-state index contributed by atoms with van der Waals surface area (Å²) in [7, 11) is 0. The van der Waals surface area contributed by atoms with Crippen LogP contribution in [0, 0.1) is 0 Å². The molecule has 0 unspecified atom stereocenters. The number of hydrogen-bond donors (Lipinski definition) is 3. The molecule has 2 fully saturated rings. The highest BCUT2D eigenvalue weighted by Crippen LogP contribution is 2.44. The van der Waals surface area contributed by atoms with Crippen LogP contribution in [-0.4, -0.2) is 77.1 Å². The number of hydrogen-bond acceptors (Lipinski definition) is 6. The average Bonchev–Trinajstić information content (AvgIpc) is 3.45. The van der Waals surface area contributed by atoms with E-state index >= 15 is 0 Å². The number of amides is 2. The van der Waals surface area contributed by atoms with Gasteiger partial charge < -0.3 is 29.9 Å². The number of rotatable bonds is 5. The maximum absolute atomic E-state index is 13.0. The average molecular weight is 481 g/mol. The van der Waals surface area contributed by atoms with Crippen LogP contribution in [0.5, 0.6) is 0 Å². The van der Waals surface area contributed by atoms with Crippen molar-refractivity contribution < 1.29 is 34.1 Å². The number of aliphatic carboxylic acids is 1. The molecule has 2 saturated heterocycles. The van der Waals surface area contributed by atoms with Gasteiger partial charge in [-0.15, -0.1) is 0 Å². The summed E-state index contributed by atoms with van der Waals surface area (Å²) in [6.07, 6.45) is -1.12. The van der Waals surface area contributed by atoms with Gasteiger partial charge >= 0.3 is 12.1 Å². The number of carbonyl (C=O) groups is 3. The number of ether oxygens (including phenoxy) is 2. The maximum atomic E-state index is 13.0. The number of piperidine rings is 1. The van der Waals surface area contributed by atoms with Crippen molar-refractivity contribution in [1.82, 2.24) is 10.2 Å². The van der Waals surface area contributed by atoms with Crippen LogP contribution in [0.25, 0.3) is 11.1 Å². The number of nitrogens with one attached hydrogen (secondary N) is 1. The lowest BCUT2D eigenvalue weighted by atomic mass is 9.91. The smallest absolute Gasteiger partial charge is 0.407 e. The van der Waals surface area contributed by atoms with E-state index < -0.39 is 29.8 Å². The minimum atomic E-state index is -1.81. The van der Waals surface area contributed by atoms with Gasteiger partial charge in [0.2, 0.25) is 0 Å². The Labute approximate surface area is 202 Å². The summed E-state index contributed by atoms with van der Waals surface area (Å²) >= 11 is 0. The van der Waals surface area contributed by atoms with Gasteiger partial charge in [0.1, 0.15) is 6.61 Å². The predicted octanol–water partition coefficient (Wildman–Crippen LogP) is 2.12. The van der Waals surface area contributed by atoms with E-state index in [0.29, 0.717) is 13.0 Å². The first kappa shape index (κ1) is 23.3. The lowest BCUT2D eigenvalue weighted by Gasteiger charge is -2.36. The second-order valence-electron chi connectivity index (χ2n) is 9.32. The van der Waals surface area contributed by atoms with Gasteiger partial charge in [-0.2, -0.15) is 0 Å². The molecule has 0 spiro atoms. The van der Waals surface area contributed by atoms with Crippen LogP contribution in [0.2, 0.25) is 0 Å². The molecular formula is C26H28N2O7. The van der Waals surface area contributed by atoms with Crippen molar-refractivity contribution >= 4 is 18.0 Å². The van der Waals surface area contributed by atoms with Crippen molar-refractivity contribution in [3.05, 3.63) is 59.7 Å². The zero-order chi connectivity index (χ0) is 24.6. The van der Waals surface area contributed by atoms with Crippen LogP contribution in [0.4, 0.5) is 4.79 Å². The number of alkyl carbamates (subject to hydrolysis) is 1. The third kappa shape index (κ3) is 4.37. The van der Waals surface area contributed by atoms with Gasteiger partial charge in [0, 0.05) is 38.5 Å². The van der Waals surface area contributed by atoms with Crippen LogP contribution in [0.15, 0.2) is 48.5 Å². The van der Waals surface area contributed by atoms with Gasteiger partial charge in [0.05, 0.1) is 6.04 Å². The summed E-state index contributed by atoms with van der Waals surface area (Å²) in [6.45, 7) is 0.710. The summed E-state index contributed by atoms with van der Waals surface area (Å²) in [5.74, 6) is -1.66. The largest absolute Gasteiger partial charge is 0.479 e. The zero-order valence-corrected chi connectivity index (χ0v) is 19.2. The monoisotopic (exact) mass is 480 g/mol. The van der Waals surface area contributed by atoms with E-state index in [1.54, 1.807) is 0 Å². The van der Waals surface area contributed by atoms with E-state index in [-0.39, 0.29) is 44.4 Å². The number of aliphatic hydroxyl groups is 1. The molecule has 0 saturated carbocycles. The molecule has 3 aliphatic rings. The Bertz CT molecular complexity index is 1100. The lowest BCUT2D eigenvalue weighted by molar-refractivity contribution is -0.166. The molecule has 9 heteroatoms. The van der Waals surface area contributed by atoms with Crippen molar-refractivity contribution in [2.45, 2.75) is 42.9 Å². The Morgan fingerprint density at radius 2 is 1.63 bits per heavy atom. The second-order valence-corrected chi connectivity index (χ2v) is 9.32. The number of nitrogens with zero attached hydrogens (tertiary/aromatic N) is 1. The first-order valence-electron chi connectivity index (χ1n) is 11.8. The number of carboxylic acid groups (broad SMARTS) is 1. The molecule has 9 nitrogen and oxygen atoms in total. The van der Waals surface area contributed by atoms with E-state index in [9.17, 15) is 24.6 Å². The Morgan fingerprint density at radius 1 is 1.03 bits per heavy atom. The fraction of sp³-hybridized carbons (Fsp3) is 0.423. The number of fused-ring (bicyclic) bond motifs is 3. The molecule has 3 N–H and O–H groups in total. The standard InChI is InChI=1S/C26H28N2O7/c29-23(28-12-10-26(33,11-13-28)24(30)31)22-21(9-14-34-22)27-25(32)35-15-20-18-7-3-1-5-16(18)17-6-2-4-8-19(17)20/h1-8,20-22,33H,9-15H2,(H,27,32)(H,30,31)/t21-,22+/m0/s1. The molecule has 1 aliphatic carbocycles. The fourth-order valence-electron chi connectivity index (χ4n) is 5.26. The molecule has 2 atom stereocenters. The molecule has 0 radical (unpaired) electrons. The number of carboxylic acids is 1. The fourth-order valence-corrected chi connectivity index (χ4v) is 5.26. The highest BCUT2D eigenvalue weighted by atomic mass is 16.6. The van der Waals surface area contributed by atoms with Crippen LogP contribution < -0.4 is 5.32 Å². The molecule has 2 heterocycles. The van der Waals surface area contributed by atoms with E-state index in [1.165, 1.54) is 4.90 Å². The SMILES string of the molecule is O=C(N[C@H]1CCO[C@H]1C(=O)N1CCC(O)(C(=O)O)CC1)OCC1c2ccccc2-c2ccccc21. The zero-order valence-electron chi connectivity index (χ0n) is 19.2. The van der Waals surface area contributed by atoms with Gasteiger partial charge in [-0.05, 0) is 28.7 Å². The van der Waals surface area contributed by atoms with Crippen LogP contribution in [0.1, 0.15) is 36.3 Å². The Hall–Kier alpha value is -3.43. The molecule has 2 amide bonds. The summed E-state index contributed by atoms with van der Waals surface area (Å²) in [5.41, 5.74) is 2.70. The van der Waals surface area contributed by atoms with E-state index in [1.807, 2.05) is 36.4 Å². The lowest BCUT2D eigenvalue weighted by Crippen LogP contribution is -2.55. The quantitative estimate of drug-likeness (QED) is 0.599. The van der Waals surface area contributed by atoms with Crippen LogP contribution >= 0.6 is 0 Å². The van der Waals surface area contributed by atoms with Crippen LogP contribution in [0.3, 0.4) is 0 Å². The number of benzene rings is 2. The first-order chi connectivity index (χ1) is 16.9.